The summed E-state index contributed by atoms with van der Waals surface area (Å²) in [6, 6.07) is 13.3. The molecule has 0 radical (unpaired) electrons. The van der Waals surface area contributed by atoms with E-state index in [1.54, 1.807) is 11.3 Å². The predicted molar refractivity (Wildman–Crippen MR) is 95.0 cm³/mol. The number of fused-ring (bicyclic) bond motifs is 1. The molecule has 2 aliphatic rings. The van der Waals surface area contributed by atoms with Crippen LogP contribution in [0.4, 0.5) is 0 Å². The number of amides is 1. The second-order valence-corrected chi connectivity index (χ2v) is 8.29. The summed E-state index contributed by atoms with van der Waals surface area (Å²) in [5, 5.41) is 0. The van der Waals surface area contributed by atoms with Crippen LogP contribution in [0.25, 0.3) is 0 Å². The van der Waals surface area contributed by atoms with Gasteiger partial charge in [0.15, 0.2) is 0 Å². The first-order valence-electron chi connectivity index (χ1n) is 8.35. The molecule has 0 bridgehead atoms. The fourth-order valence-corrected chi connectivity index (χ4v) is 4.74. The van der Waals surface area contributed by atoms with Crippen molar-refractivity contribution in [1.82, 2.24) is 4.90 Å². The molecule has 2 aliphatic carbocycles. The van der Waals surface area contributed by atoms with Crippen LogP contribution in [0.3, 0.4) is 0 Å². The lowest BCUT2D eigenvalue weighted by atomic mass is 10.1. The fraction of sp³-hybridized carbons (Fsp3) is 0.421. The van der Waals surface area contributed by atoms with Gasteiger partial charge in [-0.25, -0.2) is 0 Å². The summed E-state index contributed by atoms with van der Waals surface area (Å²) in [7, 11) is 0. The van der Waals surface area contributed by atoms with Crippen LogP contribution in [-0.2, 0) is 17.6 Å². The molecular formula is C19H20ClNOS. The van der Waals surface area contributed by atoms with Crippen LogP contribution >= 0.6 is 22.9 Å². The van der Waals surface area contributed by atoms with Crippen LogP contribution < -0.4 is 0 Å². The molecule has 1 fully saturated rings. The summed E-state index contributed by atoms with van der Waals surface area (Å²) in [6.45, 7) is 0. The molecule has 2 aromatic rings. The number of hydrogen-bond acceptors (Lipinski definition) is 2. The Kier molecular flexibility index (Phi) is 4.16. The SMILES string of the molecule is O=C(CCc1ccc(Cl)s1)N(C1CC1)C1CCc2ccccc21. The summed E-state index contributed by atoms with van der Waals surface area (Å²) in [4.78, 5) is 16.3. The monoisotopic (exact) mass is 345 g/mol. The van der Waals surface area contributed by atoms with E-state index in [1.165, 1.54) is 16.0 Å². The van der Waals surface area contributed by atoms with Crippen LogP contribution in [0.15, 0.2) is 36.4 Å². The van der Waals surface area contributed by atoms with Crippen molar-refractivity contribution in [2.75, 3.05) is 0 Å². The predicted octanol–water partition coefficient (Wildman–Crippen LogP) is 5.01. The number of carbonyl (C=O) groups is 1. The lowest BCUT2D eigenvalue weighted by molar-refractivity contribution is -0.134. The Balaban J connectivity index is 1.49. The largest absolute Gasteiger partial charge is 0.333 e. The molecule has 2 nitrogen and oxygen atoms in total. The maximum absolute atomic E-state index is 12.9. The molecule has 120 valence electrons. The minimum Gasteiger partial charge on any atom is -0.333 e. The van der Waals surface area contributed by atoms with Gasteiger partial charge in [-0.1, -0.05) is 35.9 Å². The zero-order valence-corrected chi connectivity index (χ0v) is 14.6. The topological polar surface area (TPSA) is 20.3 Å². The Labute approximate surface area is 146 Å². The van der Waals surface area contributed by atoms with Crippen molar-refractivity contribution >= 4 is 28.8 Å². The minimum atomic E-state index is 0.290. The van der Waals surface area contributed by atoms with Gasteiger partial charge in [0.25, 0.3) is 0 Å². The molecule has 1 unspecified atom stereocenters. The number of nitrogens with zero attached hydrogens (tertiary/aromatic N) is 1. The summed E-state index contributed by atoms with van der Waals surface area (Å²) >= 11 is 7.56. The van der Waals surface area contributed by atoms with Crippen molar-refractivity contribution in [1.29, 1.82) is 0 Å². The molecule has 23 heavy (non-hydrogen) atoms. The molecule has 1 aromatic heterocycles. The van der Waals surface area contributed by atoms with Gasteiger partial charge in [-0.2, -0.15) is 0 Å². The molecule has 1 saturated carbocycles. The highest BCUT2D eigenvalue weighted by Gasteiger charge is 2.39. The van der Waals surface area contributed by atoms with Crippen molar-refractivity contribution in [2.24, 2.45) is 0 Å². The van der Waals surface area contributed by atoms with Gasteiger partial charge >= 0.3 is 0 Å². The van der Waals surface area contributed by atoms with E-state index in [0.29, 0.717) is 18.4 Å². The van der Waals surface area contributed by atoms with Crippen LogP contribution in [0.5, 0.6) is 0 Å². The molecule has 4 heteroatoms. The fourth-order valence-electron chi connectivity index (χ4n) is 3.65. The Morgan fingerprint density at radius 2 is 2.00 bits per heavy atom. The molecule has 4 rings (SSSR count). The van der Waals surface area contributed by atoms with E-state index >= 15 is 0 Å². The molecule has 0 N–H and O–H groups in total. The number of hydrogen-bond donors (Lipinski definition) is 0. The van der Waals surface area contributed by atoms with Gasteiger partial charge in [0.1, 0.15) is 0 Å². The first-order valence-corrected chi connectivity index (χ1v) is 9.55. The quantitative estimate of drug-likeness (QED) is 0.745. The Morgan fingerprint density at radius 1 is 1.17 bits per heavy atom. The number of aryl methyl sites for hydroxylation is 2. The highest BCUT2D eigenvalue weighted by Crippen LogP contribution is 2.42. The van der Waals surface area contributed by atoms with Crippen LogP contribution in [0, 0.1) is 0 Å². The number of thiophene rings is 1. The Bertz CT molecular complexity index is 722. The molecule has 0 aliphatic heterocycles. The van der Waals surface area contributed by atoms with E-state index < -0.39 is 0 Å². The van der Waals surface area contributed by atoms with Gasteiger partial charge in [-0.05, 0) is 55.4 Å². The van der Waals surface area contributed by atoms with Gasteiger partial charge < -0.3 is 4.90 Å². The molecule has 1 aromatic carbocycles. The summed E-state index contributed by atoms with van der Waals surface area (Å²) < 4.78 is 0.802. The van der Waals surface area contributed by atoms with Gasteiger partial charge in [0.05, 0.1) is 10.4 Å². The minimum absolute atomic E-state index is 0.290. The smallest absolute Gasteiger partial charge is 0.223 e. The average Bonchev–Trinajstić information content (AvgIpc) is 3.16. The summed E-state index contributed by atoms with van der Waals surface area (Å²) in [6.07, 6.45) is 5.88. The lowest BCUT2D eigenvalue weighted by Crippen LogP contribution is -2.36. The van der Waals surface area contributed by atoms with E-state index in [0.717, 1.165) is 36.4 Å². The molecule has 1 amide bonds. The average molecular weight is 346 g/mol. The van der Waals surface area contributed by atoms with E-state index in [9.17, 15) is 4.79 Å². The van der Waals surface area contributed by atoms with Crippen molar-refractivity contribution in [3.63, 3.8) is 0 Å². The zero-order valence-electron chi connectivity index (χ0n) is 13.0. The van der Waals surface area contributed by atoms with Crippen LogP contribution in [0.1, 0.15) is 47.7 Å². The summed E-state index contributed by atoms with van der Waals surface area (Å²) in [5.41, 5.74) is 2.79. The van der Waals surface area contributed by atoms with E-state index in [1.807, 2.05) is 12.1 Å². The standard InChI is InChI=1S/C19H20ClNOS/c20-18-11-8-15(23-18)9-12-19(22)21(14-6-7-14)17-10-5-13-3-1-2-4-16(13)17/h1-4,8,11,14,17H,5-7,9-10,12H2. The van der Waals surface area contributed by atoms with Crippen molar-refractivity contribution < 1.29 is 4.79 Å². The highest BCUT2D eigenvalue weighted by atomic mass is 35.5. The molecule has 0 spiro atoms. The second-order valence-electron chi connectivity index (χ2n) is 6.49. The van der Waals surface area contributed by atoms with Crippen molar-refractivity contribution in [3.8, 4) is 0 Å². The molecule has 1 heterocycles. The Morgan fingerprint density at radius 3 is 2.74 bits per heavy atom. The normalized spacial score (nSPS) is 19.6. The highest BCUT2D eigenvalue weighted by molar-refractivity contribution is 7.16. The zero-order chi connectivity index (χ0) is 15.8. The van der Waals surface area contributed by atoms with Crippen molar-refractivity contribution in [3.05, 3.63) is 56.7 Å². The first kappa shape index (κ1) is 15.2. The molecule has 1 atom stereocenters. The third-order valence-corrected chi connectivity index (χ3v) is 6.17. The summed E-state index contributed by atoms with van der Waals surface area (Å²) in [5.74, 6) is 0.304. The number of carbonyl (C=O) groups excluding carboxylic acids is 1. The van der Waals surface area contributed by atoms with Crippen LogP contribution in [0.2, 0.25) is 4.34 Å². The van der Waals surface area contributed by atoms with E-state index in [4.69, 9.17) is 11.6 Å². The second kappa shape index (κ2) is 6.29. The number of benzene rings is 1. The maximum atomic E-state index is 12.9. The van der Waals surface area contributed by atoms with Crippen molar-refractivity contribution in [2.45, 2.75) is 50.6 Å². The third kappa shape index (κ3) is 3.17. The Hall–Kier alpha value is -1.32. The van der Waals surface area contributed by atoms with Gasteiger partial charge in [0, 0.05) is 17.3 Å². The van der Waals surface area contributed by atoms with E-state index in [-0.39, 0.29) is 6.04 Å². The van der Waals surface area contributed by atoms with E-state index in [2.05, 4.69) is 29.2 Å². The van der Waals surface area contributed by atoms with Gasteiger partial charge in [0.2, 0.25) is 5.91 Å². The first-order chi connectivity index (χ1) is 11.2. The molecule has 0 saturated heterocycles. The third-order valence-electron chi connectivity index (χ3n) is 4.88. The van der Waals surface area contributed by atoms with Gasteiger partial charge in [-0.3, -0.25) is 4.79 Å². The van der Waals surface area contributed by atoms with Crippen LogP contribution in [-0.4, -0.2) is 16.8 Å². The molecular weight excluding hydrogens is 326 g/mol. The maximum Gasteiger partial charge on any atom is 0.223 e. The van der Waals surface area contributed by atoms with Gasteiger partial charge in [-0.15, -0.1) is 11.3 Å². The number of rotatable bonds is 5. The lowest BCUT2D eigenvalue weighted by Gasteiger charge is -2.30. The number of halogens is 1.